The van der Waals surface area contributed by atoms with Crippen molar-refractivity contribution in [3.63, 3.8) is 0 Å². The standard InChI is InChI=1S/C20H28N4/c1-15-5-6-17(3)18(11-15)14-24-9-7-19(8-10-24)23(4)20-21-12-16(2)13-22-20/h5-6,11-13,19H,7-10,14H2,1-4H3. The number of aryl methyl sites for hydroxylation is 3. The quantitative estimate of drug-likeness (QED) is 0.861. The van der Waals surface area contributed by atoms with Gasteiger partial charge in [-0.15, -0.1) is 0 Å². The molecule has 3 rings (SSSR count). The van der Waals surface area contributed by atoms with Crippen LogP contribution in [0.5, 0.6) is 0 Å². The molecule has 1 aliphatic heterocycles. The Kier molecular flexibility index (Phi) is 5.14. The molecule has 128 valence electrons. The average molecular weight is 324 g/mol. The minimum atomic E-state index is 0.530. The zero-order chi connectivity index (χ0) is 17.1. The van der Waals surface area contributed by atoms with Crippen molar-refractivity contribution in [2.24, 2.45) is 0 Å². The van der Waals surface area contributed by atoms with E-state index in [0.29, 0.717) is 6.04 Å². The summed E-state index contributed by atoms with van der Waals surface area (Å²) in [6.07, 6.45) is 6.13. The maximum Gasteiger partial charge on any atom is 0.225 e. The van der Waals surface area contributed by atoms with Crippen LogP contribution in [-0.4, -0.2) is 41.0 Å². The molecule has 1 fully saturated rings. The lowest BCUT2D eigenvalue weighted by Crippen LogP contribution is -2.43. The van der Waals surface area contributed by atoms with Crippen LogP contribution in [0.2, 0.25) is 0 Å². The van der Waals surface area contributed by atoms with Gasteiger partial charge in [-0.2, -0.15) is 0 Å². The smallest absolute Gasteiger partial charge is 0.225 e. The van der Waals surface area contributed by atoms with Crippen molar-refractivity contribution in [3.8, 4) is 0 Å². The first kappa shape index (κ1) is 16.9. The van der Waals surface area contributed by atoms with E-state index < -0.39 is 0 Å². The largest absolute Gasteiger partial charge is 0.341 e. The molecule has 1 aliphatic rings. The van der Waals surface area contributed by atoms with Crippen LogP contribution in [0.3, 0.4) is 0 Å². The average Bonchev–Trinajstić information content (AvgIpc) is 2.59. The van der Waals surface area contributed by atoms with E-state index in [1.165, 1.54) is 29.5 Å². The summed E-state index contributed by atoms with van der Waals surface area (Å²) in [5.74, 6) is 0.841. The van der Waals surface area contributed by atoms with Crippen molar-refractivity contribution in [2.45, 2.75) is 46.2 Å². The van der Waals surface area contributed by atoms with Gasteiger partial charge in [-0.05, 0) is 50.3 Å². The molecule has 1 saturated heterocycles. The van der Waals surface area contributed by atoms with Gasteiger partial charge in [0, 0.05) is 45.1 Å². The number of hydrogen-bond donors (Lipinski definition) is 0. The van der Waals surface area contributed by atoms with E-state index in [0.717, 1.165) is 31.1 Å². The molecule has 1 aromatic heterocycles. The maximum absolute atomic E-state index is 4.46. The molecule has 2 heterocycles. The lowest BCUT2D eigenvalue weighted by atomic mass is 10.0. The molecular formula is C20H28N4. The summed E-state index contributed by atoms with van der Waals surface area (Å²) >= 11 is 0. The second-order valence-electron chi connectivity index (χ2n) is 7.11. The molecule has 0 unspecified atom stereocenters. The van der Waals surface area contributed by atoms with Gasteiger partial charge < -0.3 is 4.90 Å². The second-order valence-corrected chi connectivity index (χ2v) is 7.11. The molecule has 0 amide bonds. The molecule has 0 bridgehead atoms. The third-order valence-corrected chi connectivity index (χ3v) is 5.09. The van der Waals surface area contributed by atoms with Crippen molar-refractivity contribution in [3.05, 3.63) is 52.8 Å². The SMILES string of the molecule is Cc1cnc(N(C)C2CCN(Cc3cc(C)ccc3C)CC2)nc1. The molecule has 24 heavy (non-hydrogen) atoms. The topological polar surface area (TPSA) is 32.3 Å². The van der Waals surface area contributed by atoms with Crippen molar-refractivity contribution >= 4 is 5.95 Å². The van der Waals surface area contributed by atoms with Crippen LogP contribution in [0.1, 0.15) is 35.1 Å². The summed E-state index contributed by atoms with van der Waals surface area (Å²) in [6, 6.07) is 7.29. The fraction of sp³-hybridized carbons (Fsp3) is 0.500. The van der Waals surface area contributed by atoms with Gasteiger partial charge in [-0.25, -0.2) is 9.97 Å². The van der Waals surface area contributed by atoms with Crippen LogP contribution in [0.4, 0.5) is 5.95 Å². The number of nitrogens with zero attached hydrogens (tertiary/aromatic N) is 4. The molecule has 0 N–H and O–H groups in total. The first-order valence-corrected chi connectivity index (χ1v) is 8.83. The Bertz CT molecular complexity index is 673. The first-order chi connectivity index (χ1) is 11.5. The molecule has 0 atom stereocenters. The number of hydrogen-bond acceptors (Lipinski definition) is 4. The molecule has 0 spiro atoms. The number of likely N-dealkylation sites (tertiary alicyclic amines) is 1. The molecular weight excluding hydrogens is 296 g/mol. The van der Waals surface area contributed by atoms with Gasteiger partial charge >= 0.3 is 0 Å². The Morgan fingerprint density at radius 1 is 1.04 bits per heavy atom. The van der Waals surface area contributed by atoms with Crippen LogP contribution in [0, 0.1) is 20.8 Å². The van der Waals surface area contributed by atoms with Gasteiger partial charge in [0.15, 0.2) is 0 Å². The van der Waals surface area contributed by atoms with Crippen molar-refractivity contribution < 1.29 is 0 Å². The minimum Gasteiger partial charge on any atom is -0.341 e. The van der Waals surface area contributed by atoms with Crippen LogP contribution >= 0.6 is 0 Å². The molecule has 0 radical (unpaired) electrons. The summed E-state index contributed by atoms with van der Waals surface area (Å²) in [7, 11) is 2.12. The molecule has 0 saturated carbocycles. The fourth-order valence-corrected chi connectivity index (χ4v) is 3.41. The van der Waals surface area contributed by atoms with Gasteiger partial charge in [-0.1, -0.05) is 23.8 Å². The van der Waals surface area contributed by atoms with E-state index in [-0.39, 0.29) is 0 Å². The minimum absolute atomic E-state index is 0.530. The highest BCUT2D eigenvalue weighted by molar-refractivity contribution is 5.31. The monoisotopic (exact) mass is 324 g/mol. The molecule has 2 aromatic rings. The number of benzene rings is 1. The summed E-state index contributed by atoms with van der Waals surface area (Å²) in [5, 5.41) is 0. The van der Waals surface area contributed by atoms with Crippen LogP contribution in [0.25, 0.3) is 0 Å². The van der Waals surface area contributed by atoms with Crippen LogP contribution in [-0.2, 0) is 6.54 Å². The number of anilines is 1. The third-order valence-electron chi connectivity index (χ3n) is 5.09. The summed E-state index contributed by atoms with van der Waals surface area (Å²) < 4.78 is 0. The van der Waals surface area contributed by atoms with E-state index >= 15 is 0 Å². The van der Waals surface area contributed by atoms with Crippen molar-refractivity contribution in [1.29, 1.82) is 0 Å². The lowest BCUT2D eigenvalue weighted by Gasteiger charge is -2.37. The second kappa shape index (κ2) is 7.31. The first-order valence-electron chi connectivity index (χ1n) is 8.83. The zero-order valence-corrected chi connectivity index (χ0v) is 15.3. The fourth-order valence-electron chi connectivity index (χ4n) is 3.41. The third kappa shape index (κ3) is 3.93. The van der Waals surface area contributed by atoms with Crippen molar-refractivity contribution in [1.82, 2.24) is 14.9 Å². The van der Waals surface area contributed by atoms with Gasteiger partial charge in [0.05, 0.1) is 0 Å². The Labute approximate surface area is 145 Å². The van der Waals surface area contributed by atoms with Crippen LogP contribution in [0.15, 0.2) is 30.6 Å². The van der Waals surface area contributed by atoms with Gasteiger partial charge in [0.25, 0.3) is 0 Å². The summed E-state index contributed by atoms with van der Waals surface area (Å²) in [6.45, 7) is 9.73. The van der Waals surface area contributed by atoms with Gasteiger partial charge in [-0.3, -0.25) is 4.90 Å². The van der Waals surface area contributed by atoms with Gasteiger partial charge in [0.1, 0.15) is 0 Å². The Morgan fingerprint density at radius 2 is 1.71 bits per heavy atom. The Morgan fingerprint density at radius 3 is 2.38 bits per heavy atom. The highest BCUT2D eigenvalue weighted by atomic mass is 15.3. The number of rotatable bonds is 4. The lowest BCUT2D eigenvalue weighted by molar-refractivity contribution is 0.202. The molecule has 4 heteroatoms. The molecule has 1 aromatic carbocycles. The Hall–Kier alpha value is -1.94. The van der Waals surface area contributed by atoms with E-state index in [1.807, 2.05) is 19.3 Å². The molecule has 0 aliphatic carbocycles. The van der Waals surface area contributed by atoms with E-state index in [1.54, 1.807) is 0 Å². The summed E-state index contributed by atoms with van der Waals surface area (Å²) in [4.78, 5) is 13.7. The number of aromatic nitrogens is 2. The summed E-state index contributed by atoms with van der Waals surface area (Å²) in [5.41, 5.74) is 5.31. The van der Waals surface area contributed by atoms with E-state index in [2.05, 4.69) is 58.9 Å². The highest BCUT2D eigenvalue weighted by Crippen LogP contribution is 2.21. The maximum atomic E-state index is 4.46. The Balaban J connectivity index is 1.57. The van der Waals surface area contributed by atoms with Gasteiger partial charge in [0.2, 0.25) is 5.95 Å². The normalized spacial score (nSPS) is 16.3. The number of piperidine rings is 1. The van der Waals surface area contributed by atoms with Crippen LogP contribution < -0.4 is 4.90 Å². The predicted octanol–water partition coefficient (Wildman–Crippen LogP) is 3.50. The highest BCUT2D eigenvalue weighted by Gasteiger charge is 2.24. The zero-order valence-electron chi connectivity index (χ0n) is 15.3. The molecule has 4 nitrogen and oxygen atoms in total. The van der Waals surface area contributed by atoms with Crippen molar-refractivity contribution in [2.75, 3.05) is 25.0 Å². The predicted molar refractivity (Wildman–Crippen MR) is 99.4 cm³/mol. The van der Waals surface area contributed by atoms with E-state index in [9.17, 15) is 0 Å². The van der Waals surface area contributed by atoms with E-state index in [4.69, 9.17) is 0 Å².